The Balaban J connectivity index is 1.17. The average Bonchev–Trinajstić information content (AvgIpc) is 4.00. The SMILES string of the molecule is [2H]c1cc([2H])c2c(c1[2H])c1c([2H])c([2H])cc([2H])c1n2-c1ccc(-c2nc(-c3ccccc3)nc(-c3ccc4oc5ccccc5c4c3)n2)cc1-c1cccc2c1sc1ccccc12. The van der Waals surface area contributed by atoms with Crippen LogP contribution in [0.25, 0.3) is 115 Å². The van der Waals surface area contributed by atoms with Crippen LogP contribution in [0.2, 0.25) is 0 Å². The monoisotopic (exact) mass is 752 g/mol. The zero-order valence-electron chi connectivity index (χ0n) is 36.0. The maximum atomic E-state index is 9.25. The van der Waals surface area contributed by atoms with Crippen LogP contribution in [0, 0.1) is 0 Å². The molecule has 12 aromatic rings. The minimum atomic E-state index is -0.168. The van der Waals surface area contributed by atoms with E-state index in [1.54, 1.807) is 15.9 Å². The van der Waals surface area contributed by atoms with Gasteiger partial charge in [-0.2, -0.15) is 0 Å². The van der Waals surface area contributed by atoms with E-state index < -0.39 is 0 Å². The summed E-state index contributed by atoms with van der Waals surface area (Å²) in [6.07, 6.45) is 0. The van der Waals surface area contributed by atoms with E-state index in [0.29, 0.717) is 28.7 Å². The summed E-state index contributed by atoms with van der Waals surface area (Å²) in [5.74, 6) is 1.40. The highest BCUT2D eigenvalue weighted by Crippen LogP contribution is 2.44. The Morgan fingerprint density at radius 1 is 0.456 bits per heavy atom. The molecule has 266 valence electrons. The van der Waals surface area contributed by atoms with Crippen LogP contribution in [0.4, 0.5) is 0 Å². The van der Waals surface area contributed by atoms with Crippen LogP contribution in [-0.2, 0) is 0 Å². The number of fused-ring (bicyclic) bond motifs is 9. The number of rotatable bonds is 5. The number of hydrogen-bond acceptors (Lipinski definition) is 5. The van der Waals surface area contributed by atoms with Gasteiger partial charge in [0.1, 0.15) is 11.2 Å². The molecular weight excluding hydrogens is 717 g/mol. The molecular formula is C51H30N4OS. The van der Waals surface area contributed by atoms with Gasteiger partial charge in [0.15, 0.2) is 17.5 Å². The largest absolute Gasteiger partial charge is 0.456 e. The standard InChI is InChI=1S/C51H30N4OS/c1-2-13-31(14-3-1)49-52-50(54-51(53-49)33-26-28-46-41(30-33)36-17-6-10-23-45(36)56-46)32-25-27-44(55-42-21-8-4-15-34(42)35-16-5-9-22-43(35)55)40(29-32)39-20-12-19-38-37-18-7-11-24-47(37)57-48(38)39/h1-30H/i4D,5D,15D,16D,21D,22D. The zero-order valence-corrected chi connectivity index (χ0v) is 30.8. The number of aromatic nitrogens is 4. The van der Waals surface area contributed by atoms with Crippen LogP contribution in [0.3, 0.4) is 0 Å². The number of furan rings is 1. The summed E-state index contributed by atoms with van der Waals surface area (Å²) in [4.78, 5) is 15.3. The Bertz CT molecular complexity index is 3830. The van der Waals surface area contributed by atoms with Crippen LogP contribution in [0.5, 0.6) is 0 Å². The van der Waals surface area contributed by atoms with Crippen LogP contribution in [-0.4, -0.2) is 19.5 Å². The van der Waals surface area contributed by atoms with Gasteiger partial charge in [0, 0.05) is 69.5 Å². The first-order chi connectivity index (χ1) is 30.7. The molecule has 0 N–H and O–H groups in total. The van der Waals surface area contributed by atoms with E-state index in [2.05, 4.69) is 30.3 Å². The third kappa shape index (κ3) is 5.04. The van der Waals surface area contributed by atoms with E-state index in [-0.39, 0.29) is 58.1 Å². The van der Waals surface area contributed by atoms with Crippen LogP contribution in [0.15, 0.2) is 186 Å². The van der Waals surface area contributed by atoms with Gasteiger partial charge in [0.05, 0.1) is 24.9 Å². The molecule has 57 heavy (non-hydrogen) atoms. The Hall–Kier alpha value is -7.41. The van der Waals surface area contributed by atoms with Crippen LogP contribution >= 0.6 is 11.3 Å². The second-order valence-corrected chi connectivity index (χ2v) is 14.9. The Kier molecular flexibility index (Phi) is 5.82. The van der Waals surface area contributed by atoms with Gasteiger partial charge < -0.3 is 8.98 Å². The molecule has 0 bridgehead atoms. The molecule has 0 saturated carbocycles. The molecule has 0 aliphatic carbocycles. The highest BCUT2D eigenvalue weighted by atomic mass is 32.1. The highest BCUT2D eigenvalue weighted by molar-refractivity contribution is 7.26. The first-order valence-corrected chi connectivity index (χ1v) is 19.3. The van der Waals surface area contributed by atoms with Crippen molar-refractivity contribution >= 4 is 75.3 Å². The van der Waals surface area contributed by atoms with Crippen molar-refractivity contribution in [2.24, 2.45) is 0 Å². The predicted molar refractivity (Wildman–Crippen MR) is 236 cm³/mol. The third-order valence-corrected chi connectivity index (χ3v) is 11.8. The molecule has 12 rings (SSSR count). The minimum absolute atomic E-state index is 0.0281. The summed E-state index contributed by atoms with van der Waals surface area (Å²) in [7, 11) is 0. The Labute approximate surface area is 339 Å². The summed E-state index contributed by atoms with van der Waals surface area (Å²) < 4.78 is 63.8. The minimum Gasteiger partial charge on any atom is -0.456 e. The van der Waals surface area contributed by atoms with Crippen molar-refractivity contribution in [1.82, 2.24) is 19.5 Å². The third-order valence-electron chi connectivity index (χ3n) is 10.6. The lowest BCUT2D eigenvalue weighted by atomic mass is 9.98. The summed E-state index contributed by atoms with van der Waals surface area (Å²) in [5, 5.41) is 4.53. The smallest absolute Gasteiger partial charge is 0.164 e. The molecule has 0 aliphatic heterocycles. The average molecular weight is 753 g/mol. The van der Waals surface area contributed by atoms with Gasteiger partial charge in [-0.3, -0.25) is 0 Å². The van der Waals surface area contributed by atoms with Crippen molar-refractivity contribution < 1.29 is 12.6 Å². The molecule has 4 aromatic heterocycles. The van der Waals surface area contributed by atoms with E-state index in [9.17, 15) is 2.74 Å². The predicted octanol–water partition coefficient (Wildman–Crippen LogP) is 13.9. The Morgan fingerprint density at radius 2 is 1.09 bits per heavy atom. The van der Waals surface area contributed by atoms with E-state index in [1.165, 1.54) is 12.1 Å². The van der Waals surface area contributed by atoms with Crippen molar-refractivity contribution in [2.75, 3.05) is 0 Å². The van der Waals surface area contributed by atoms with Crippen molar-refractivity contribution in [2.45, 2.75) is 0 Å². The molecule has 0 aliphatic rings. The molecule has 0 radical (unpaired) electrons. The van der Waals surface area contributed by atoms with Gasteiger partial charge in [0.2, 0.25) is 0 Å². The molecule has 0 unspecified atom stereocenters. The molecule has 8 aromatic carbocycles. The van der Waals surface area contributed by atoms with Gasteiger partial charge in [-0.05, 0) is 60.6 Å². The quantitative estimate of drug-likeness (QED) is 0.176. The van der Waals surface area contributed by atoms with E-state index >= 15 is 0 Å². The van der Waals surface area contributed by atoms with Crippen molar-refractivity contribution in [1.29, 1.82) is 0 Å². The molecule has 0 amide bonds. The lowest BCUT2D eigenvalue weighted by molar-refractivity contribution is 0.669. The normalized spacial score (nSPS) is 13.3. The first-order valence-electron chi connectivity index (χ1n) is 21.5. The fourth-order valence-corrected chi connectivity index (χ4v) is 9.25. The van der Waals surface area contributed by atoms with Crippen LogP contribution < -0.4 is 0 Å². The number of thiophene rings is 1. The van der Waals surface area contributed by atoms with Crippen molar-refractivity contribution in [3.8, 4) is 51.0 Å². The highest BCUT2D eigenvalue weighted by Gasteiger charge is 2.21. The zero-order chi connectivity index (χ0) is 42.7. The van der Waals surface area contributed by atoms with Gasteiger partial charge in [-0.25, -0.2) is 15.0 Å². The lowest BCUT2D eigenvalue weighted by Gasteiger charge is -2.17. The first kappa shape index (κ1) is 26.4. The summed E-state index contributed by atoms with van der Waals surface area (Å²) in [5.41, 5.74) is 6.64. The van der Waals surface area contributed by atoms with Crippen molar-refractivity contribution in [3.05, 3.63) is 182 Å². The topological polar surface area (TPSA) is 56.7 Å². The summed E-state index contributed by atoms with van der Waals surface area (Å²) in [6, 6.07) is 46.0. The van der Waals surface area contributed by atoms with Gasteiger partial charge in [0.25, 0.3) is 0 Å². The number of nitrogens with zero attached hydrogens (tertiary/aromatic N) is 4. The second-order valence-electron chi connectivity index (χ2n) is 13.9. The summed E-state index contributed by atoms with van der Waals surface area (Å²) in [6.45, 7) is 0. The molecule has 0 fully saturated rings. The number of hydrogen-bond donors (Lipinski definition) is 0. The van der Waals surface area contributed by atoms with E-state index in [4.69, 9.17) is 24.9 Å². The van der Waals surface area contributed by atoms with Gasteiger partial charge >= 0.3 is 0 Å². The molecule has 0 saturated heterocycles. The fraction of sp³-hybridized carbons (Fsp3) is 0. The maximum absolute atomic E-state index is 9.25. The molecule has 0 spiro atoms. The number of benzene rings is 8. The van der Waals surface area contributed by atoms with Crippen LogP contribution in [0.1, 0.15) is 8.22 Å². The van der Waals surface area contributed by atoms with Crippen molar-refractivity contribution in [3.63, 3.8) is 0 Å². The molecule has 5 nitrogen and oxygen atoms in total. The number of para-hydroxylation sites is 3. The maximum Gasteiger partial charge on any atom is 0.164 e. The lowest BCUT2D eigenvalue weighted by Crippen LogP contribution is -2.02. The molecule has 6 heteroatoms. The van der Waals surface area contributed by atoms with E-state index in [0.717, 1.165) is 64.4 Å². The molecule has 0 atom stereocenters. The van der Waals surface area contributed by atoms with Gasteiger partial charge in [-0.1, -0.05) is 121 Å². The summed E-state index contributed by atoms with van der Waals surface area (Å²) >= 11 is 1.67. The fourth-order valence-electron chi connectivity index (χ4n) is 8.02. The molecule has 4 heterocycles. The van der Waals surface area contributed by atoms with Gasteiger partial charge in [-0.15, -0.1) is 11.3 Å². The Morgan fingerprint density at radius 3 is 1.88 bits per heavy atom. The van der Waals surface area contributed by atoms with E-state index in [1.807, 2.05) is 103 Å². The second kappa shape index (κ2) is 12.6.